The first-order valence-electron chi connectivity index (χ1n) is 15.5. The highest BCUT2D eigenvalue weighted by Crippen LogP contribution is 2.66. The van der Waals surface area contributed by atoms with Crippen LogP contribution in [0.25, 0.3) is 0 Å². The van der Waals surface area contributed by atoms with Crippen LogP contribution >= 0.6 is 0 Å². The van der Waals surface area contributed by atoms with Gasteiger partial charge in [0.15, 0.2) is 5.84 Å². The van der Waals surface area contributed by atoms with E-state index in [0.717, 1.165) is 37.8 Å². The summed E-state index contributed by atoms with van der Waals surface area (Å²) in [7, 11) is 0. The molecular weight excluding hydrogens is 514 g/mol. The Kier molecular flexibility index (Phi) is 8.47. The maximum atomic E-state index is 12.8. The fraction of sp³-hybridized carbons (Fsp3) is 0.618. The number of carbonyl (C=O) groups is 1. The molecule has 3 N–H and O–H groups in total. The van der Waals surface area contributed by atoms with Crippen molar-refractivity contribution in [1.29, 1.82) is 0 Å². The van der Waals surface area contributed by atoms with Crippen molar-refractivity contribution in [2.45, 2.75) is 92.1 Å². The lowest BCUT2D eigenvalue weighted by molar-refractivity contribution is -0.138. The lowest BCUT2D eigenvalue weighted by Gasteiger charge is -2.58. The normalized spacial score (nSPS) is 35.9. The zero-order chi connectivity index (χ0) is 29.4. The number of nitrogens with one attached hydrogen (secondary N) is 1. The summed E-state index contributed by atoms with van der Waals surface area (Å²) < 4.78 is 5.23. The van der Waals surface area contributed by atoms with Gasteiger partial charge in [-0.15, -0.1) is 0 Å². The van der Waals surface area contributed by atoms with Gasteiger partial charge in [0.1, 0.15) is 11.3 Å². The molecule has 0 spiro atoms. The number of nitrogens with zero attached hydrogens (tertiary/aromatic N) is 2. The first-order valence-corrected chi connectivity index (χ1v) is 15.5. The van der Waals surface area contributed by atoms with E-state index in [4.69, 9.17) is 9.84 Å². The van der Waals surface area contributed by atoms with Crippen molar-refractivity contribution in [2.24, 2.45) is 44.6 Å². The molecule has 41 heavy (non-hydrogen) atoms. The van der Waals surface area contributed by atoms with Crippen LogP contribution in [-0.4, -0.2) is 40.4 Å². The van der Waals surface area contributed by atoms with Gasteiger partial charge in [-0.2, -0.15) is 5.10 Å². The fourth-order valence-electron chi connectivity index (χ4n) is 8.93. The molecule has 0 heterocycles. The third-order valence-corrected chi connectivity index (χ3v) is 11.0. The number of aliphatic hydroxyl groups excluding tert-OH is 2. The van der Waals surface area contributed by atoms with E-state index < -0.39 is 5.97 Å². The van der Waals surface area contributed by atoms with E-state index in [2.05, 4.69) is 37.3 Å². The van der Waals surface area contributed by atoms with Crippen molar-refractivity contribution in [2.75, 3.05) is 6.61 Å². The molecule has 0 aromatic heterocycles. The van der Waals surface area contributed by atoms with Gasteiger partial charge >= 0.3 is 5.97 Å². The number of aliphatic imine (C=N–C) groups is 1. The van der Waals surface area contributed by atoms with E-state index in [1.807, 2.05) is 30.3 Å². The molecule has 3 fully saturated rings. The van der Waals surface area contributed by atoms with Gasteiger partial charge in [0, 0.05) is 11.6 Å². The average Bonchev–Trinajstić information content (AvgIpc) is 3.30. The Bertz CT molecular complexity index is 1260. The minimum Gasteiger partial charge on any atom is -0.512 e. The van der Waals surface area contributed by atoms with E-state index >= 15 is 0 Å². The standard InChI is InChI=1S/C34H47N3O4/c1-6-41-32(40)30(22(3)38)31(35-24-10-8-7-9-11-24)37-36-21(2)27-14-15-28-26-13-12-23-20-25(39)16-18-33(23,4)29(26)17-19-34(27,28)5/h7-12,25-29,38-39H,6,13-20H2,1-5H3,(H,35,37)/b30-22-,36-21+/t25-,26-,27+,28-,29-,33-,34+/m0/s1. The molecule has 4 aliphatic carbocycles. The smallest absolute Gasteiger partial charge is 0.345 e. The number of hydrazone groups is 1. The number of ether oxygens (including phenoxy) is 1. The first-order chi connectivity index (χ1) is 19.6. The lowest BCUT2D eigenvalue weighted by atomic mass is 9.47. The summed E-state index contributed by atoms with van der Waals surface area (Å²) in [5, 5.41) is 25.6. The van der Waals surface area contributed by atoms with Gasteiger partial charge in [-0.05, 0) is 113 Å². The zero-order valence-electron chi connectivity index (χ0n) is 25.3. The lowest BCUT2D eigenvalue weighted by Crippen LogP contribution is -2.51. The molecule has 222 valence electrons. The summed E-state index contributed by atoms with van der Waals surface area (Å²) >= 11 is 0. The third-order valence-electron chi connectivity index (χ3n) is 11.0. The van der Waals surface area contributed by atoms with Crippen molar-refractivity contribution in [3.63, 3.8) is 0 Å². The summed E-state index contributed by atoms with van der Waals surface area (Å²) in [5.74, 6) is 1.71. The van der Waals surface area contributed by atoms with Crippen LogP contribution in [0.15, 0.2) is 63.4 Å². The highest BCUT2D eigenvalue weighted by atomic mass is 16.5. The summed E-state index contributed by atoms with van der Waals surface area (Å²) in [6, 6.07) is 9.33. The van der Waals surface area contributed by atoms with Crippen LogP contribution in [0.1, 0.15) is 86.0 Å². The van der Waals surface area contributed by atoms with Crippen molar-refractivity contribution < 1.29 is 19.7 Å². The molecule has 1 aromatic rings. The van der Waals surface area contributed by atoms with Gasteiger partial charge in [-0.25, -0.2) is 9.79 Å². The quantitative estimate of drug-likeness (QED) is 0.0659. The summed E-state index contributed by atoms with van der Waals surface area (Å²) in [6.45, 7) is 10.4. The first kappa shape index (κ1) is 29.6. The van der Waals surface area contributed by atoms with Crippen LogP contribution in [-0.2, 0) is 9.53 Å². The van der Waals surface area contributed by atoms with E-state index in [0.29, 0.717) is 29.4 Å². The van der Waals surface area contributed by atoms with Gasteiger partial charge in [0.25, 0.3) is 0 Å². The van der Waals surface area contributed by atoms with E-state index in [1.54, 1.807) is 6.92 Å². The molecule has 0 radical (unpaired) electrons. The number of hydrogen-bond acceptors (Lipinski definition) is 6. The number of hydrogen-bond donors (Lipinski definition) is 3. The minimum atomic E-state index is -0.637. The predicted molar refractivity (Wildman–Crippen MR) is 163 cm³/mol. The number of amidine groups is 1. The second kappa shape index (κ2) is 11.7. The molecule has 0 aliphatic heterocycles. The van der Waals surface area contributed by atoms with E-state index in [-0.39, 0.29) is 40.7 Å². The second-order valence-electron chi connectivity index (χ2n) is 13.2. The Morgan fingerprint density at radius 3 is 2.54 bits per heavy atom. The van der Waals surface area contributed by atoms with Crippen LogP contribution < -0.4 is 5.43 Å². The van der Waals surface area contributed by atoms with Gasteiger partial charge in [0.2, 0.25) is 0 Å². The molecule has 7 nitrogen and oxygen atoms in total. The number of allylic oxidation sites excluding steroid dienone is 2. The minimum absolute atomic E-state index is 0.0149. The Hall–Kier alpha value is -2.93. The van der Waals surface area contributed by atoms with Crippen LogP contribution in [0, 0.1) is 34.5 Å². The molecular formula is C34H47N3O4. The Balaban J connectivity index is 1.39. The number of esters is 1. The third kappa shape index (κ3) is 5.50. The molecule has 0 bridgehead atoms. The molecule has 4 aliphatic rings. The van der Waals surface area contributed by atoms with Crippen molar-refractivity contribution >= 4 is 23.2 Å². The Morgan fingerprint density at radius 1 is 1.07 bits per heavy atom. The number of para-hydroxylation sites is 1. The number of carbonyl (C=O) groups excluding carboxylic acids is 1. The van der Waals surface area contributed by atoms with E-state index in [9.17, 15) is 15.0 Å². The van der Waals surface area contributed by atoms with Crippen LogP contribution in [0.2, 0.25) is 0 Å². The van der Waals surface area contributed by atoms with Crippen molar-refractivity contribution in [3.05, 3.63) is 53.3 Å². The molecule has 0 amide bonds. The molecule has 7 heteroatoms. The van der Waals surface area contributed by atoms with Crippen molar-refractivity contribution in [1.82, 2.24) is 5.43 Å². The molecule has 0 unspecified atom stereocenters. The van der Waals surface area contributed by atoms with Crippen molar-refractivity contribution in [3.8, 4) is 0 Å². The number of rotatable bonds is 6. The van der Waals surface area contributed by atoms with Gasteiger partial charge in [0.05, 0.1) is 18.4 Å². The molecule has 5 rings (SSSR count). The van der Waals surface area contributed by atoms with Crippen LogP contribution in [0.5, 0.6) is 0 Å². The number of aliphatic hydroxyl groups is 2. The maximum absolute atomic E-state index is 12.8. The van der Waals surface area contributed by atoms with Gasteiger partial charge < -0.3 is 14.9 Å². The molecule has 7 atom stereocenters. The second-order valence-corrected chi connectivity index (χ2v) is 13.2. The SMILES string of the molecule is CCOC(=O)/C(C(=Nc1ccccc1)N/N=C(\C)[C@H]1CC[C@H]2[C@@H]3CC=C4C[C@@H](O)CC[C@]4(C)[C@H]3CC[C@]12C)=C(/C)O. The maximum Gasteiger partial charge on any atom is 0.345 e. The number of fused-ring (bicyclic) bond motifs is 5. The zero-order valence-corrected chi connectivity index (χ0v) is 25.3. The molecule has 0 saturated heterocycles. The van der Waals surface area contributed by atoms with E-state index in [1.165, 1.54) is 31.8 Å². The Morgan fingerprint density at radius 2 is 1.83 bits per heavy atom. The summed E-state index contributed by atoms with van der Waals surface area (Å²) in [4.78, 5) is 17.4. The topological polar surface area (TPSA) is 104 Å². The Labute approximate surface area is 244 Å². The summed E-state index contributed by atoms with van der Waals surface area (Å²) in [6.07, 6.45) is 11.0. The van der Waals surface area contributed by atoms with Crippen LogP contribution in [0.4, 0.5) is 5.69 Å². The van der Waals surface area contributed by atoms with Gasteiger partial charge in [-0.1, -0.05) is 43.7 Å². The fourth-order valence-corrected chi connectivity index (χ4v) is 8.93. The summed E-state index contributed by atoms with van der Waals surface area (Å²) in [5.41, 5.74) is 6.60. The van der Waals surface area contributed by atoms with Crippen LogP contribution in [0.3, 0.4) is 0 Å². The van der Waals surface area contributed by atoms with Gasteiger partial charge in [-0.3, -0.25) is 5.43 Å². The highest BCUT2D eigenvalue weighted by molar-refractivity contribution is 6.19. The predicted octanol–water partition coefficient (Wildman–Crippen LogP) is 7.02. The monoisotopic (exact) mass is 561 g/mol. The molecule has 3 saturated carbocycles. The molecule has 1 aromatic carbocycles. The number of benzene rings is 1. The highest BCUT2D eigenvalue weighted by Gasteiger charge is 2.59. The average molecular weight is 562 g/mol. The largest absolute Gasteiger partial charge is 0.512 e.